The van der Waals surface area contributed by atoms with Crippen LogP contribution in [0.3, 0.4) is 0 Å². The van der Waals surface area contributed by atoms with Gasteiger partial charge in [0.25, 0.3) is 0 Å². The standard InChI is InChI=1S/C11H14N2O3/c1-3-13(4-2)11(15)16-10-7-12-6-5-9(10)8-14/h5-8H,3-4H2,1-2H3. The molecular formula is C11H14N2O3. The van der Waals surface area contributed by atoms with Crippen LogP contribution in [0, 0.1) is 0 Å². The van der Waals surface area contributed by atoms with Gasteiger partial charge in [0.15, 0.2) is 12.0 Å². The third-order valence-electron chi connectivity index (χ3n) is 2.16. The van der Waals surface area contributed by atoms with E-state index in [-0.39, 0.29) is 5.75 Å². The van der Waals surface area contributed by atoms with Gasteiger partial charge in [-0.1, -0.05) is 0 Å². The molecule has 5 heteroatoms. The van der Waals surface area contributed by atoms with Crippen molar-refractivity contribution in [1.82, 2.24) is 9.88 Å². The maximum Gasteiger partial charge on any atom is 0.415 e. The molecule has 0 saturated heterocycles. The molecule has 0 aliphatic heterocycles. The molecule has 0 fully saturated rings. The summed E-state index contributed by atoms with van der Waals surface area (Å²) in [7, 11) is 0. The molecule has 0 radical (unpaired) electrons. The molecule has 1 aromatic heterocycles. The van der Waals surface area contributed by atoms with Crippen LogP contribution in [0.15, 0.2) is 18.5 Å². The number of nitrogens with zero attached hydrogens (tertiary/aromatic N) is 2. The van der Waals surface area contributed by atoms with Crippen LogP contribution >= 0.6 is 0 Å². The lowest BCUT2D eigenvalue weighted by atomic mass is 10.3. The molecule has 0 unspecified atom stereocenters. The lowest BCUT2D eigenvalue weighted by Crippen LogP contribution is -2.33. The molecule has 1 amide bonds. The Morgan fingerprint density at radius 3 is 2.75 bits per heavy atom. The average molecular weight is 222 g/mol. The highest BCUT2D eigenvalue weighted by molar-refractivity contribution is 5.81. The Balaban J connectivity index is 2.80. The molecule has 1 aromatic rings. The summed E-state index contributed by atoms with van der Waals surface area (Å²) in [6, 6.07) is 1.50. The van der Waals surface area contributed by atoms with E-state index < -0.39 is 6.09 Å². The second kappa shape index (κ2) is 5.85. The largest absolute Gasteiger partial charge is 0.415 e. The molecule has 1 rings (SSSR count). The van der Waals surface area contributed by atoms with Gasteiger partial charge in [-0.15, -0.1) is 0 Å². The molecule has 0 atom stereocenters. The van der Waals surface area contributed by atoms with Crippen LogP contribution in [-0.4, -0.2) is 35.4 Å². The van der Waals surface area contributed by atoms with Gasteiger partial charge < -0.3 is 9.64 Å². The predicted molar refractivity (Wildman–Crippen MR) is 58.6 cm³/mol. The molecule has 86 valence electrons. The summed E-state index contributed by atoms with van der Waals surface area (Å²) in [5.41, 5.74) is 0.315. The summed E-state index contributed by atoms with van der Waals surface area (Å²) in [6.45, 7) is 4.83. The van der Waals surface area contributed by atoms with Crippen LogP contribution in [0.1, 0.15) is 24.2 Å². The van der Waals surface area contributed by atoms with E-state index in [1.54, 1.807) is 0 Å². The molecule has 0 aromatic carbocycles. The maximum absolute atomic E-state index is 11.6. The molecule has 0 N–H and O–H groups in total. The van der Waals surface area contributed by atoms with Gasteiger partial charge in [0.1, 0.15) is 0 Å². The van der Waals surface area contributed by atoms with Crippen molar-refractivity contribution in [2.45, 2.75) is 13.8 Å². The Hall–Kier alpha value is -1.91. The monoisotopic (exact) mass is 222 g/mol. The highest BCUT2D eigenvalue weighted by Crippen LogP contribution is 2.14. The van der Waals surface area contributed by atoms with Crippen LogP contribution in [0.5, 0.6) is 5.75 Å². The van der Waals surface area contributed by atoms with Gasteiger partial charge in [-0.3, -0.25) is 9.78 Å². The molecular weight excluding hydrogens is 208 g/mol. The van der Waals surface area contributed by atoms with Crippen molar-refractivity contribution < 1.29 is 14.3 Å². The fourth-order valence-electron chi connectivity index (χ4n) is 1.21. The predicted octanol–water partition coefficient (Wildman–Crippen LogP) is 1.73. The number of ether oxygens (including phenoxy) is 1. The lowest BCUT2D eigenvalue weighted by molar-refractivity contribution is 0.111. The van der Waals surface area contributed by atoms with E-state index >= 15 is 0 Å². The fourth-order valence-corrected chi connectivity index (χ4v) is 1.21. The van der Waals surface area contributed by atoms with E-state index in [0.717, 1.165) is 0 Å². The smallest absolute Gasteiger partial charge is 0.408 e. The minimum absolute atomic E-state index is 0.189. The number of carbonyl (C=O) groups excluding carboxylic acids is 2. The Morgan fingerprint density at radius 2 is 2.19 bits per heavy atom. The Labute approximate surface area is 94.0 Å². The molecule has 5 nitrogen and oxygen atoms in total. The number of hydrogen-bond donors (Lipinski definition) is 0. The van der Waals surface area contributed by atoms with Gasteiger partial charge in [0.05, 0.1) is 11.8 Å². The average Bonchev–Trinajstić information content (AvgIpc) is 2.31. The minimum Gasteiger partial charge on any atom is -0.408 e. The van der Waals surface area contributed by atoms with Crippen molar-refractivity contribution >= 4 is 12.4 Å². The number of carbonyl (C=O) groups is 2. The Bertz CT molecular complexity index is 375. The Morgan fingerprint density at radius 1 is 1.50 bits per heavy atom. The van der Waals surface area contributed by atoms with Gasteiger partial charge in [-0.05, 0) is 19.9 Å². The van der Waals surface area contributed by atoms with Crippen LogP contribution in [0.2, 0.25) is 0 Å². The third kappa shape index (κ3) is 2.79. The van der Waals surface area contributed by atoms with Gasteiger partial charge in [0, 0.05) is 19.3 Å². The van der Waals surface area contributed by atoms with Crippen molar-refractivity contribution in [2.75, 3.05) is 13.1 Å². The number of aromatic nitrogens is 1. The molecule has 0 spiro atoms. The van der Waals surface area contributed by atoms with Crippen molar-refractivity contribution in [2.24, 2.45) is 0 Å². The van der Waals surface area contributed by atoms with E-state index in [9.17, 15) is 9.59 Å². The van der Waals surface area contributed by atoms with E-state index in [4.69, 9.17) is 4.74 Å². The zero-order chi connectivity index (χ0) is 12.0. The zero-order valence-corrected chi connectivity index (χ0v) is 9.34. The van der Waals surface area contributed by atoms with Crippen LogP contribution in [-0.2, 0) is 0 Å². The van der Waals surface area contributed by atoms with Crippen molar-refractivity contribution in [3.63, 3.8) is 0 Å². The highest BCUT2D eigenvalue weighted by atomic mass is 16.6. The summed E-state index contributed by atoms with van der Waals surface area (Å²) in [5.74, 6) is 0.189. The lowest BCUT2D eigenvalue weighted by Gasteiger charge is -2.18. The van der Waals surface area contributed by atoms with Gasteiger partial charge in [-0.25, -0.2) is 4.79 Å². The second-order valence-corrected chi connectivity index (χ2v) is 3.07. The number of hydrogen-bond acceptors (Lipinski definition) is 4. The number of pyridine rings is 1. The minimum atomic E-state index is -0.471. The third-order valence-corrected chi connectivity index (χ3v) is 2.16. The topological polar surface area (TPSA) is 59.5 Å². The first kappa shape index (κ1) is 12.2. The van der Waals surface area contributed by atoms with Crippen molar-refractivity contribution in [3.8, 4) is 5.75 Å². The molecule has 16 heavy (non-hydrogen) atoms. The summed E-state index contributed by atoms with van der Waals surface area (Å²) in [5, 5.41) is 0. The first-order valence-electron chi connectivity index (χ1n) is 5.08. The summed E-state index contributed by atoms with van der Waals surface area (Å²) < 4.78 is 5.07. The van der Waals surface area contributed by atoms with E-state index in [1.807, 2.05) is 13.8 Å². The van der Waals surface area contributed by atoms with Gasteiger partial charge >= 0.3 is 6.09 Å². The maximum atomic E-state index is 11.6. The number of amides is 1. The summed E-state index contributed by atoms with van der Waals surface area (Å²) >= 11 is 0. The number of aldehydes is 1. The van der Waals surface area contributed by atoms with Crippen LogP contribution in [0.25, 0.3) is 0 Å². The molecule has 0 aliphatic carbocycles. The first-order chi connectivity index (χ1) is 7.72. The molecule has 0 aliphatic rings. The quantitative estimate of drug-likeness (QED) is 0.728. The zero-order valence-electron chi connectivity index (χ0n) is 9.34. The molecule has 0 bridgehead atoms. The summed E-state index contributed by atoms with van der Waals surface area (Å²) in [6.07, 6.45) is 2.98. The second-order valence-electron chi connectivity index (χ2n) is 3.07. The fraction of sp³-hybridized carbons (Fsp3) is 0.364. The normalized spacial score (nSPS) is 9.62. The highest BCUT2D eigenvalue weighted by Gasteiger charge is 2.13. The van der Waals surface area contributed by atoms with Gasteiger partial charge in [0.2, 0.25) is 0 Å². The molecule has 1 heterocycles. The van der Waals surface area contributed by atoms with E-state index in [2.05, 4.69) is 4.98 Å². The summed E-state index contributed by atoms with van der Waals surface area (Å²) in [4.78, 5) is 27.6. The molecule has 0 saturated carbocycles. The first-order valence-corrected chi connectivity index (χ1v) is 5.08. The van der Waals surface area contributed by atoms with Crippen molar-refractivity contribution in [1.29, 1.82) is 0 Å². The van der Waals surface area contributed by atoms with Crippen LogP contribution in [0.4, 0.5) is 4.79 Å². The SMILES string of the molecule is CCN(CC)C(=O)Oc1cnccc1C=O. The number of rotatable bonds is 4. The van der Waals surface area contributed by atoms with E-state index in [0.29, 0.717) is 24.9 Å². The Kier molecular flexibility index (Phi) is 4.44. The van der Waals surface area contributed by atoms with Crippen molar-refractivity contribution in [3.05, 3.63) is 24.0 Å². The van der Waals surface area contributed by atoms with Gasteiger partial charge in [-0.2, -0.15) is 0 Å². The van der Waals surface area contributed by atoms with Crippen LogP contribution < -0.4 is 4.74 Å². The van der Waals surface area contributed by atoms with E-state index in [1.165, 1.54) is 23.4 Å².